The highest BCUT2D eigenvalue weighted by molar-refractivity contribution is 7.99. The van der Waals surface area contributed by atoms with Crippen LogP contribution in [-0.4, -0.2) is 28.3 Å². The van der Waals surface area contributed by atoms with Crippen molar-refractivity contribution in [1.29, 1.82) is 0 Å². The molecule has 4 rings (SSSR count). The smallest absolute Gasteiger partial charge is 0.173 e. The molecule has 0 radical (unpaired) electrons. The van der Waals surface area contributed by atoms with Crippen molar-refractivity contribution >= 4 is 29.1 Å². The number of carbonyl (C=O) groups excluding carboxylic acids is 1. The van der Waals surface area contributed by atoms with Crippen molar-refractivity contribution < 1.29 is 9.53 Å². The summed E-state index contributed by atoms with van der Waals surface area (Å²) in [6, 6.07) is 17.8. The Morgan fingerprint density at radius 2 is 1.81 bits per heavy atom. The van der Waals surface area contributed by atoms with Crippen LogP contribution in [0.25, 0.3) is 11.3 Å². The highest BCUT2D eigenvalue weighted by atomic mass is 35.5. The molecule has 1 heterocycles. The van der Waals surface area contributed by atoms with Gasteiger partial charge in [-0.25, -0.2) is 0 Å². The number of thioether (sulfide) groups is 1. The number of hydrogen-bond donors (Lipinski definition) is 0. The molecule has 1 fully saturated rings. The first kappa shape index (κ1) is 22.8. The number of benzene rings is 2. The third-order valence-corrected chi connectivity index (χ3v) is 7.04. The van der Waals surface area contributed by atoms with Gasteiger partial charge in [0.2, 0.25) is 0 Å². The lowest BCUT2D eigenvalue weighted by molar-refractivity contribution is 0.102. The van der Waals surface area contributed by atoms with E-state index in [1.165, 1.54) is 49.4 Å². The number of nitrogens with zero attached hydrogens (tertiary/aromatic N) is 2. The lowest BCUT2D eigenvalue weighted by Crippen LogP contribution is -2.04. The Morgan fingerprint density at radius 3 is 2.47 bits per heavy atom. The van der Waals surface area contributed by atoms with Gasteiger partial charge in [-0.15, -0.1) is 10.2 Å². The van der Waals surface area contributed by atoms with Crippen molar-refractivity contribution in [2.75, 3.05) is 12.4 Å². The fourth-order valence-electron chi connectivity index (χ4n) is 4.08. The van der Waals surface area contributed by atoms with E-state index < -0.39 is 0 Å². The lowest BCUT2D eigenvalue weighted by atomic mass is 9.84. The molecule has 1 aliphatic carbocycles. The topological polar surface area (TPSA) is 52.1 Å². The van der Waals surface area contributed by atoms with Gasteiger partial charge in [0.1, 0.15) is 10.8 Å². The van der Waals surface area contributed by atoms with Crippen LogP contribution in [0.4, 0.5) is 0 Å². The maximum atomic E-state index is 12.5. The minimum absolute atomic E-state index is 0.0101. The Bertz CT molecular complexity index is 1050. The summed E-state index contributed by atoms with van der Waals surface area (Å²) < 4.78 is 5.42. The van der Waals surface area contributed by atoms with E-state index >= 15 is 0 Å². The Hall–Kier alpha value is -2.37. The van der Waals surface area contributed by atoms with Crippen LogP contribution < -0.4 is 4.74 Å². The quantitative estimate of drug-likeness (QED) is 0.259. The van der Waals surface area contributed by atoms with Crippen LogP contribution in [0, 0.1) is 0 Å². The molecule has 0 aliphatic heterocycles. The summed E-state index contributed by atoms with van der Waals surface area (Å²) in [5, 5.41) is 9.84. The largest absolute Gasteiger partial charge is 0.492 e. The van der Waals surface area contributed by atoms with E-state index in [1.807, 2.05) is 19.1 Å². The summed E-state index contributed by atoms with van der Waals surface area (Å²) >= 11 is 7.56. The first-order valence-corrected chi connectivity index (χ1v) is 12.5. The molecule has 2 aromatic carbocycles. The Labute approximate surface area is 198 Å². The fourth-order valence-corrected chi connectivity index (χ4v) is 5.03. The second kappa shape index (κ2) is 11.0. The number of ether oxygens (including phenoxy) is 1. The van der Waals surface area contributed by atoms with Crippen LogP contribution in [0.2, 0.25) is 5.02 Å². The highest BCUT2D eigenvalue weighted by Crippen LogP contribution is 2.33. The van der Waals surface area contributed by atoms with Gasteiger partial charge in [-0.1, -0.05) is 66.9 Å². The SMILES string of the molecule is CCOc1ccc(C(=O)CSc2ccc(-c3ccc(C4CCCCC4)cc3)nn2)cc1Cl. The minimum atomic E-state index is -0.0101. The number of Topliss-reactive ketones (excluding diaryl/α,β-unsaturated/α-hetero) is 1. The molecule has 32 heavy (non-hydrogen) atoms. The second-order valence-corrected chi connectivity index (χ2v) is 9.41. The van der Waals surface area contributed by atoms with E-state index in [4.69, 9.17) is 16.3 Å². The van der Waals surface area contributed by atoms with E-state index in [0.717, 1.165) is 16.3 Å². The standard InChI is InChI=1S/C26H27ClN2O2S/c1-2-31-25-14-12-21(16-22(25)27)24(30)17-32-26-15-13-23(28-29-26)20-10-8-19(9-11-20)18-6-4-3-5-7-18/h8-16,18H,2-7,17H2,1H3. The number of rotatable bonds is 8. The summed E-state index contributed by atoms with van der Waals surface area (Å²) in [6.45, 7) is 2.42. The molecular weight excluding hydrogens is 440 g/mol. The summed E-state index contributed by atoms with van der Waals surface area (Å²) in [5.41, 5.74) is 3.90. The number of carbonyl (C=O) groups is 1. The number of halogens is 1. The van der Waals surface area contributed by atoms with Gasteiger partial charge in [-0.3, -0.25) is 4.79 Å². The molecule has 0 N–H and O–H groups in total. The summed E-state index contributed by atoms with van der Waals surface area (Å²) in [4.78, 5) is 12.5. The van der Waals surface area contributed by atoms with Gasteiger partial charge < -0.3 is 4.74 Å². The Kier molecular flexibility index (Phi) is 7.82. The van der Waals surface area contributed by atoms with Gasteiger partial charge in [0.25, 0.3) is 0 Å². The van der Waals surface area contributed by atoms with Gasteiger partial charge in [0.15, 0.2) is 5.78 Å². The van der Waals surface area contributed by atoms with E-state index in [2.05, 4.69) is 34.5 Å². The predicted molar refractivity (Wildman–Crippen MR) is 131 cm³/mol. The zero-order chi connectivity index (χ0) is 22.3. The predicted octanol–water partition coefficient (Wildman–Crippen LogP) is 7.22. The highest BCUT2D eigenvalue weighted by Gasteiger charge is 2.15. The zero-order valence-corrected chi connectivity index (χ0v) is 19.8. The molecule has 0 bridgehead atoms. The van der Waals surface area contributed by atoms with Gasteiger partial charge in [-0.2, -0.15) is 0 Å². The van der Waals surface area contributed by atoms with Crippen LogP contribution in [0.1, 0.15) is 60.9 Å². The third kappa shape index (κ3) is 5.70. The average Bonchev–Trinajstić information content (AvgIpc) is 2.85. The minimum Gasteiger partial charge on any atom is -0.492 e. The first-order valence-electron chi connectivity index (χ1n) is 11.2. The maximum Gasteiger partial charge on any atom is 0.173 e. The van der Waals surface area contributed by atoms with Crippen LogP contribution in [-0.2, 0) is 0 Å². The van der Waals surface area contributed by atoms with Crippen LogP contribution in [0.5, 0.6) is 5.75 Å². The zero-order valence-electron chi connectivity index (χ0n) is 18.2. The molecule has 0 unspecified atom stereocenters. The summed E-state index contributed by atoms with van der Waals surface area (Å²) in [7, 11) is 0. The second-order valence-electron chi connectivity index (χ2n) is 8.00. The van der Waals surface area contributed by atoms with Gasteiger partial charge in [0, 0.05) is 11.1 Å². The van der Waals surface area contributed by atoms with Crippen molar-refractivity contribution in [3.8, 4) is 17.0 Å². The number of hydrogen-bond acceptors (Lipinski definition) is 5. The fraction of sp³-hybridized carbons (Fsp3) is 0.346. The van der Waals surface area contributed by atoms with Gasteiger partial charge in [-0.05, 0) is 61.6 Å². The molecule has 0 spiro atoms. The number of aromatic nitrogens is 2. The third-order valence-electron chi connectivity index (χ3n) is 5.83. The summed E-state index contributed by atoms with van der Waals surface area (Å²) in [6.07, 6.45) is 6.64. The molecule has 1 saturated carbocycles. The van der Waals surface area contributed by atoms with Crippen molar-refractivity contribution in [2.45, 2.75) is 50.0 Å². The van der Waals surface area contributed by atoms with Crippen molar-refractivity contribution in [2.24, 2.45) is 0 Å². The Morgan fingerprint density at radius 1 is 1.03 bits per heavy atom. The molecule has 0 atom stereocenters. The number of ketones is 1. The van der Waals surface area contributed by atoms with Crippen molar-refractivity contribution in [3.63, 3.8) is 0 Å². The molecule has 0 amide bonds. The monoisotopic (exact) mass is 466 g/mol. The molecule has 166 valence electrons. The lowest BCUT2D eigenvalue weighted by Gasteiger charge is -2.22. The molecular formula is C26H27ClN2O2S. The van der Waals surface area contributed by atoms with Gasteiger partial charge in [0.05, 0.1) is 23.1 Å². The van der Waals surface area contributed by atoms with Crippen LogP contribution in [0.15, 0.2) is 59.6 Å². The Balaban J connectivity index is 1.34. The maximum absolute atomic E-state index is 12.5. The van der Waals surface area contributed by atoms with Gasteiger partial charge >= 0.3 is 0 Å². The summed E-state index contributed by atoms with van der Waals surface area (Å²) in [5.74, 6) is 1.55. The molecule has 6 heteroatoms. The van der Waals surface area contributed by atoms with E-state index in [0.29, 0.717) is 28.9 Å². The molecule has 3 aromatic rings. The van der Waals surface area contributed by atoms with Crippen LogP contribution >= 0.6 is 23.4 Å². The van der Waals surface area contributed by atoms with Crippen molar-refractivity contribution in [3.05, 3.63) is 70.7 Å². The van der Waals surface area contributed by atoms with E-state index in [-0.39, 0.29) is 11.5 Å². The average molecular weight is 467 g/mol. The van der Waals surface area contributed by atoms with E-state index in [1.54, 1.807) is 18.2 Å². The normalized spacial score (nSPS) is 14.3. The molecule has 1 aromatic heterocycles. The molecule has 4 nitrogen and oxygen atoms in total. The first-order chi connectivity index (χ1) is 15.6. The van der Waals surface area contributed by atoms with Crippen molar-refractivity contribution in [1.82, 2.24) is 10.2 Å². The molecule has 0 saturated heterocycles. The molecule has 1 aliphatic rings. The van der Waals surface area contributed by atoms with E-state index in [9.17, 15) is 4.79 Å². The van der Waals surface area contributed by atoms with Crippen LogP contribution in [0.3, 0.4) is 0 Å².